The van der Waals surface area contributed by atoms with E-state index < -0.39 is 28.5 Å². The van der Waals surface area contributed by atoms with Crippen LogP contribution in [-0.2, 0) is 32.4 Å². The smallest absolute Gasteiger partial charge is 0.340 e. The summed E-state index contributed by atoms with van der Waals surface area (Å²) >= 11 is 6.09. The molecule has 0 bridgehead atoms. The highest BCUT2D eigenvalue weighted by atomic mass is 35.5. The number of nitrogens with one attached hydrogen (secondary N) is 1. The van der Waals surface area contributed by atoms with Crippen LogP contribution in [0.3, 0.4) is 0 Å². The van der Waals surface area contributed by atoms with Crippen LogP contribution in [0.5, 0.6) is 0 Å². The van der Waals surface area contributed by atoms with Gasteiger partial charge in [-0.05, 0) is 61.3 Å². The molecule has 7 nitrogen and oxygen atoms in total. The molecule has 0 saturated heterocycles. The molecule has 1 amide bonds. The minimum absolute atomic E-state index is 0.0213. The van der Waals surface area contributed by atoms with Crippen LogP contribution in [0.25, 0.3) is 0 Å². The van der Waals surface area contributed by atoms with Gasteiger partial charge >= 0.3 is 5.97 Å². The number of sulfonamides is 1. The lowest BCUT2D eigenvalue weighted by Gasteiger charge is -2.24. The van der Waals surface area contributed by atoms with Crippen molar-refractivity contribution in [3.63, 3.8) is 0 Å². The predicted octanol–water partition coefficient (Wildman–Crippen LogP) is 3.87. The number of hydrogen-bond acceptors (Lipinski definition) is 5. The summed E-state index contributed by atoms with van der Waals surface area (Å²) in [7, 11) is -2.52. The highest BCUT2D eigenvalue weighted by Gasteiger charge is 2.27. The van der Waals surface area contributed by atoms with Crippen LogP contribution in [-0.4, -0.2) is 33.9 Å². The van der Waals surface area contributed by atoms with E-state index in [9.17, 15) is 18.0 Å². The van der Waals surface area contributed by atoms with E-state index >= 15 is 0 Å². The van der Waals surface area contributed by atoms with Crippen molar-refractivity contribution in [2.24, 2.45) is 0 Å². The summed E-state index contributed by atoms with van der Waals surface area (Å²) in [6, 6.07) is 18.9. The van der Waals surface area contributed by atoms with E-state index in [1.54, 1.807) is 4.90 Å². The summed E-state index contributed by atoms with van der Waals surface area (Å²) in [5.74, 6) is -1.32. The Morgan fingerprint density at radius 2 is 1.55 bits per heavy atom. The number of amides is 1. The number of rotatable bonds is 5. The lowest BCUT2D eigenvalue weighted by Crippen LogP contribution is -2.31. The van der Waals surface area contributed by atoms with Gasteiger partial charge in [-0.25, -0.2) is 17.9 Å². The second kappa shape index (κ2) is 9.35. The van der Waals surface area contributed by atoms with Crippen LogP contribution in [0.2, 0.25) is 5.02 Å². The lowest BCUT2D eigenvalue weighted by molar-refractivity contribution is -0.120. The van der Waals surface area contributed by atoms with Crippen LogP contribution in [0, 0.1) is 0 Å². The maximum Gasteiger partial charge on any atom is 0.340 e. The van der Waals surface area contributed by atoms with Gasteiger partial charge in [0.05, 0.1) is 26.9 Å². The van der Waals surface area contributed by atoms with E-state index in [1.807, 2.05) is 48.5 Å². The summed E-state index contributed by atoms with van der Waals surface area (Å²) in [6.45, 7) is -0.541. The molecule has 0 aliphatic carbocycles. The fourth-order valence-electron chi connectivity index (χ4n) is 3.76. The number of aryl methyl sites for hydroxylation is 2. The van der Waals surface area contributed by atoms with Gasteiger partial charge in [-0.1, -0.05) is 48.0 Å². The summed E-state index contributed by atoms with van der Waals surface area (Å²) < 4.78 is 31.6. The zero-order valence-electron chi connectivity index (χ0n) is 17.7. The highest BCUT2D eigenvalue weighted by molar-refractivity contribution is 7.89. The molecule has 1 aliphatic rings. The van der Waals surface area contributed by atoms with Gasteiger partial charge in [0.25, 0.3) is 5.91 Å². The third-order valence-electron chi connectivity index (χ3n) is 5.44. The Morgan fingerprint density at radius 3 is 2.12 bits per heavy atom. The maximum atomic E-state index is 13.3. The van der Waals surface area contributed by atoms with Crippen molar-refractivity contribution in [1.29, 1.82) is 0 Å². The molecule has 0 aromatic heterocycles. The molecule has 0 saturated carbocycles. The van der Waals surface area contributed by atoms with Gasteiger partial charge in [0.15, 0.2) is 6.61 Å². The standard InChI is InChI=1S/C24H21ClN2O5S/c1-26-33(30,31)18-12-13-20(25)19(14-18)24(29)32-15-23(28)27-21-8-4-2-6-16(21)10-11-17-7-3-5-9-22(17)27/h2-9,12-14,26H,10-11,15H2,1H3. The number of carbonyl (C=O) groups is 2. The fourth-order valence-corrected chi connectivity index (χ4v) is 4.71. The topological polar surface area (TPSA) is 92.8 Å². The van der Waals surface area contributed by atoms with Crippen LogP contribution in [0.4, 0.5) is 11.4 Å². The van der Waals surface area contributed by atoms with Crippen LogP contribution >= 0.6 is 11.6 Å². The monoisotopic (exact) mass is 484 g/mol. The van der Waals surface area contributed by atoms with Crippen LogP contribution in [0.1, 0.15) is 21.5 Å². The van der Waals surface area contributed by atoms with Crippen molar-refractivity contribution in [3.05, 3.63) is 88.4 Å². The van der Waals surface area contributed by atoms with Crippen molar-refractivity contribution in [1.82, 2.24) is 4.72 Å². The van der Waals surface area contributed by atoms with Crippen LogP contribution in [0.15, 0.2) is 71.6 Å². The minimum Gasteiger partial charge on any atom is -0.452 e. The number of nitrogens with zero attached hydrogens (tertiary/aromatic N) is 1. The predicted molar refractivity (Wildman–Crippen MR) is 125 cm³/mol. The van der Waals surface area contributed by atoms with E-state index in [1.165, 1.54) is 19.2 Å². The van der Waals surface area contributed by atoms with E-state index in [2.05, 4.69) is 4.72 Å². The first-order valence-corrected chi connectivity index (χ1v) is 12.1. The number of fused-ring (bicyclic) bond motifs is 2. The Labute approximate surface area is 197 Å². The number of anilines is 2. The summed E-state index contributed by atoms with van der Waals surface area (Å²) in [5, 5.41) is 0.0213. The third kappa shape index (κ3) is 4.64. The highest BCUT2D eigenvalue weighted by Crippen LogP contribution is 2.36. The molecule has 0 unspecified atom stereocenters. The number of carbonyl (C=O) groups excluding carboxylic acids is 2. The Kier molecular flexibility index (Phi) is 6.51. The zero-order valence-corrected chi connectivity index (χ0v) is 19.3. The first-order valence-electron chi connectivity index (χ1n) is 10.2. The number of hydrogen-bond donors (Lipinski definition) is 1. The van der Waals surface area contributed by atoms with Gasteiger partial charge in [0.1, 0.15) is 0 Å². The third-order valence-corrected chi connectivity index (χ3v) is 7.18. The molecule has 3 aromatic rings. The van der Waals surface area contributed by atoms with E-state index in [0.717, 1.165) is 41.4 Å². The van der Waals surface area contributed by atoms with Crippen molar-refractivity contribution >= 4 is 44.9 Å². The average Bonchev–Trinajstić information content (AvgIpc) is 2.99. The molecule has 0 atom stereocenters. The minimum atomic E-state index is -3.78. The normalized spacial score (nSPS) is 13.0. The van der Waals surface area contributed by atoms with Gasteiger partial charge in [0.2, 0.25) is 10.0 Å². The largest absolute Gasteiger partial charge is 0.452 e. The maximum absolute atomic E-state index is 13.3. The fraction of sp³-hybridized carbons (Fsp3) is 0.167. The molecule has 33 heavy (non-hydrogen) atoms. The van der Waals surface area contributed by atoms with Gasteiger partial charge in [-0.15, -0.1) is 0 Å². The molecule has 1 N–H and O–H groups in total. The second-order valence-electron chi connectivity index (χ2n) is 7.41. The quantitative estimate of drug-likeness (QED) is 0.555. The van der Waals surface area contributed by atoms with Crippen molar-refractivity contribution in [2.45, 2.75) is 17.7 Å². The summed E-state index contributed by atoms with van der Waals surface area (Å²) in [5.41, 5.74) is 3.37. The number of ether oxygens (including phenoxy) is 1. The zero-order chi connectivity index (χ0) is 23.6. The molecule has 1 aliphatic heterocycles. The van der Waals surface area contributed by atoms with Crippen molar-refractivity contribution in [3.8, 4) is 0 Å². The number of esters is 1. The Morgan fingerprint density at radius 1 is 0.970 bits per heavy atom. The number of halogens is 1. The SMILES string of the molecule is CNS(=O)(=O)c1ccc(Cl)c(C(=O)OCC(=O)N2c3ccccc3CCc3ccccc32)c1. The van der Waals surface area contributed by atoms with Crippen molar-refractivity contribution in [2.75, 3.05) is 18.6 Å². The Bertz CT molecular complexity index is 1290. The van der Waals surface area contributed by atoms with Crippen molar-refractivity contribution < 1.29 is 22.7 Å². The first kappa shape index (κ1) is 23.0. The molecule has 0 fully saturated rings. The van der Waals surface area contributed by atoms with E-state index in [-0.39, 0.29) is 15.5 Å². The van der Waals surface area contributed by atoms with Gasteiger partial charge in [-0.3, -0.25) is 9.69 Å². The second-order valence-corrected chi connectivity index (χ2v) is 9.71. The molecular weight excluding hydrogens is 464 g/mol. The molecule has 9 heteroatoms. The lowest BCUT2D eigenvalue weighted by atomic mass is 10.0. The van der Waals surface area contributed by atoms with E-state index in [4.69, 9.17) is 16.3 Å². The molecule has 3 aromatic carbocycles. The Hall–Kier alpha value is -3.20. The number of para-hydroxylation sites is 2. The molecule has 0 spiro atoms. The average molecular weight is 485 g/mol. The number of benzene rings is 3. The molecular formula is C24H21ClN2O5S. The molecule has 4 rings (SSSR count). The summed E-state index contributed by atoms with van der Waals surface area (Å²) in [6.07, 6.45) is 1.55. The molecule has 170 valence electrons. The van der Waals surface area contributed by atoms with Crippen LogP contribution < -0.4 is 9.62 Å². The first-order chi connectivity index (χ1) is 15.8. The van der Waals surface area contributed by atoms with Gasteiger partial charge in [0, 0.05) is 0 Å². The van der Waals surface area contributed by atoms with Gasteiger partial charge < -0.3 is 4.74 Å². The molecule has 1 heterocycles. The van der Waals surface area contributed by atoms with E-state index in [0.29, 0.717) is 0 Å². The summed E-state index contributed by atoms with van der Waals surface area (Å²) in [4.78, 5) is 27.4. The molecule has 0 radical (unpaired) electrons. The van der Waals surface area contributed by atoms with Gasteiger partial charge in [-0.2, -0.15) is 0 Å². The Balaban J connectivity index is 1.60.